The molecule has 0 bridgehead atoms. The van der Waals surface area contributed by atoms with Gasteiger partial charge < -0.3 is 10.3 Å². The number of hydrogen-bond acceptors (Lipinski definition) is 5. The van der Waals surface area contributed by atoms with Gasteiger partial charge in [-0.15, -0.1) is 0 Å². The fourth-order valence-electron chi connectivity index (χ4n) is 1.95. The van der Waals surface area contributed by atoms with Gasteiger partial charge in [-0.25, -0.2) is 15.8 Å². The van der Waals surface area contributed by atoms with Crippen LogP contribution in [0.2, 0.25) is 0 Å². The summed E-state index contributed by atoms with van der Waals surface area (Å²) in [6.07, 6.45) is -1.65. The topological polar surface area (TPSA) is 67.1 Å². The van der Waals surface area contributed by atoms with Crippen LogP contribution in [0.4, 0.5) is 24.8 Å². The molecule has 120 valence electrons. The number of nitrogens with zero attached hydrogens (tertiary/aromatic N) is 3. The largest absolute Gasteiger partial charge is 0.451 e. The van der Waals surface area contributed by atoms with Gasteiger partial charge in [0.1, 0.15) is 11.6 Å². The van der Waals surface area contributed by atoms with E-state index < -0.39 is 12.0 Å². The molecule has 1 aromatic heterocycles. The predicted molar refractivity (Wildman–Crippen MR) is 76.9 cm³/mol. The van der Waals surface area contributed by atoms with Crippen LogP contribution in [0.5, 0.6) is 0 Å². The number of hydrazine groups is 1. The van der Waals surface area contributed by atoms with E-state index in [1.54, 1.807) is 0 Å². The first-order valence-corrected chi connectivity index (χ1v) is 6.99. The molecule has 0 saturated heterocycles. The summed E-state index contributed by atoms with van der Waals surface area (Å²) < 4.78 is 38.5. The summed E-state index contributed by atoms with van der Waals surface area (Å²) in [6.45, 7) is 6.54. The number of unbranched alkanes of at least 4 members (excludes halogenated alkanes) is 2. The minimum atomic E-state index is -4.60. The number of alkyl halides is 3. The van der Waals surface area contributed by atoms with Gasteiger partial charge in [-0.2, -0.15) is 13.2 Å². The minimum Gasteiger partial charge on any atom is -0.354 e. The van der Waals surface area contributed by atoms with E-state index in [4.69, 9.17) is 5.84 Å². The van der Waals surface area contributed by atoms with E-state index in [2.05, 4.69) is 22.3 Å². The van der Waals surface area contributed by atoms with E-state index in [-0.39, 0.29) is 17.7 Å². The van der Waals surface area contributed by atoms with Gasteiger partial charge in [0.05, 0.1) is 0 Å². The molecule has 0 amide bonds. The smallest absolute Gasteiger partial charge is 0.354 e. The van der Waals surface area contributed by atoms with E-state index in [0.717, 1.165) is 19.3 Å². The molecule has 1 aromatic rings. The van der Waals surface area contributed by atoms with Crippen LogP contribution >= 0.6 is 0 Å². The Kier molecular flexibility index (Phi) is 6.19. The van der Waals surface area contributed by atoms with Crippen LogP contribution in [0.15, 0.2) is 6.07 Å². The van der Waals surface area contributed by atoms with Gasteiger partial charge in [0, 0.05) is 18.7 Å². The van der Waals surface area contributed by atoms with E-state index in [9.17, 15) is 13.2 Å². The molecular formula is C13H22F3N5. The first-order valence-electron chi connectivity index (χ1n) is 6.99. The zero-order valence-corrected chi connectivity index (χ0v) is 12.5. The van der Waals surface area contributed by atoms with Crippen LogP contribution in [0.25, 0.3) is 0 Å². The van der Waals surface area contributed by atoms with Crippen molar-refractivity contribution in [3.63, 3.8) is 0 Å². The molecule has 0 unspecified atom stereocenters. The van der Waals surface area contributed by atoms with Crippen LogP contribution in [0.3, 0.4) is 0 Å². The van der Waals surface area contributed by atoms with Gasteiger partial charge in [0.15, 0.2) is 0 Å². The SMILES string of the molecule is CCCCCN(c1cc(NN)nc(C(F)(F)F)n1)C(C)C. The Morgan fingerprint density at radius 1 is 1.29 bits per heavy atom. The summed E-state index contributed by atoms with van der Waals surface area (Å²) in [5.74, 6) is 4.20. The number of nitrogens with one attached hydrogen (secondary N) is 1. The fraction of sp³-hybridized carbons (Fsp3) is 0.692. The summed E-state index contributed by atoms with van der Waals surface area (Å²) in [4.78, 5) is 8.84. The molecule has 0 atom stereocenters. The molecule has 0 aliphatic rings. The Labute approximate surface area is 122 Å². The number of aromatic nitrogens is 2. The summed E-state index contributed by atoms with van der Waals surface area (Å²) in [7, 11) is 0. The number of hydrogen-bond donors (Lipinski definition) is 2. The molecule has 0 saturated carbocycles. The van der Waals surface area contributed by atoms with Crippen molar-refractivity contribution in [3.05, 3.63) is 11.9 Å². The second-order valence-electron chi connectivity index (χ2n) is 5.07. The van der Waals surface area contributed by atoms with Crippen molar-refractivity contribution >= 4 is 11.6 Å². The van der Waals surface area contributed by atoms with E-state index in [1.165, 1.54) is 6.07 Å². The Bertz CT molecular complexity index is 448. The monoisotopic (exact) mass is 305 g/mol. The zero-order valence-electron chi connectivity index (χ0n) is 12.5. The Hall–Kier alpha value is -1.57. The second-order valence-corrected chi connectivity index (χ2v) is 5.07. The molecule has 8 heteroatoms. The maximum absolute atomic E-state index is 12.8. The van der Waals surface area contributed by atoms with Gasteiger partial charge in [-0.05, 0) is 20.3 Å². The standard InChI is InChI=1S/C13H22F3N5/c1-4-5-6-7-21(9(2)3)11-8-10(20-17)18-12(19-11)13(14,15)16/h8-9H,4-7,17H2,1-3H3,(H,18,19,20). The molecular weight excluding hydrogens is 283 g/mol. The van der Waals surface area contributed by atoms with Gasteiger partial charge in [0.25, 0.3) is 0 Å². The van der Waals surface area contributed by atoms with E-state index in [0.29, 0.717) is 6.54 Å². The average molecular weight is 305 g/mol. The molecule has 0 fully saturated rings. The van der Waals surface area contributed by atoms with Crippen molar-refractivity contribution in [3.8, 4) is 0 Å². The number of nitrogens with two attached hydrogens (primary N) is 1. The highest BCUT2D eigenvalue weighted by atomic mass is 19.4. The zero-order chi connectivity index (χ0) is 16.0. The lowest BCUT2D eigenvalue weighted by atomic mass is 10.2. The van der Waals surface area contributed by atoms with Gasteiger partial charge in [0.2, 0.25) is 5.82 Å². The van der Waals surface area contributed by atoms with Crippen LogP contribution < -0.4 is 16.2 Å². The number of anilines is 2. The third kappa shape index (κ3) is 5.04. The van der Waals surface area contributed by atoms with E-state index in [1.807, 2.05) is 18.7 Å². The molecule has 1 rings (SSSR count). The number of rotatable bonds is 7. The number of halogens is 3. The lowest BCUT2D eigenvalue weighted by Gasteiger charge is -2.28. The first-order chi connectivity index (χ1) is 9.79. The predicted octanol–water partition coefficient (Wildman–Crippen LogP) is 3.19. The highest BCUT2D eigenvalue weighted by Crippen LogP contribution is 2.29. The first kappa shape index (κ1) is 17.5. The molecule has 0 spiro atoms. The van der Waals surface area contributed by atoms with Crippen molar-refractivity contribution in [2.75, 3.05) is 16.9 Å². The molecule has 5 nitrogen and oxygen atoms in total. The molecule has 0 aliphatic carbocycles. The van der Waals surface area contributed by atoms with Crippen LogP contribution in [-0.2, 0) is 6.18 Å². The van der Waals surface area contributed by atoms with Crippen LogP contribution in [-0.4, -0.2) is 22.6 Å². The average Bonchev–Trinajstić information content (AvgIpc) is 2.41. The van der Waals surface area contributed by atoms with Gasteiger partial charge in [-0.1, -0.05) is 19.8 Å². The van der Waals surface area contributed by atoms with Crippen LogP contribution in [0.1, 0.15) is 45.9 Å². The summed E-state index contributed by atoms with van der Waals surface area (Å²) >= 11 is 0. The van der Waals surface area contributed by atoms with Crippen LogP contribution in [0, 0.1) is 0 Å². The summed E-state index contributed by atoms with van der Waals surface area (Å²) in [5.41, 5.74) is 2.16. The van der Waals surface area contributed by atoms with E-state index >= 15 is 0 Å². The lowest BCUT2D eigenvalue weighted by molar-refractivity contribution is -0.144. The van der Waals surface area contributed by atoms with Crippen molar-refractivity contribution < 1.29 is 13.2 Å². The summed E-state index contributed by atoms with van der Waals surface area (Å²) in [6, 6.07) is 1.46. The maximum Gasteiger partial charge on any atom is 0.451 e. The fourth-order valence-corrected chi connectivity index (χ4v) is 1.95. The summed E-state index contributed by atoms with van der Waals surface area (Å²) in [5, 5.41) is 0. The van der Waals surface area contributed by atoms with Crippen molar-refractivity contribution in [1.82, 2.24) is 9.97 Å². The van der Waals surface area contributed by atoms with Crippen molar-refractivity contribution in [1.29, 1.82) is 0 Å². The Morgan fingerprint density at radius 3 is 2.43 bits per heavy atom. The highest BCUT2D eigenvalue weighted by Gasteiger charge is 2.36. The Balaban J connectivity index is 3.11. The molecule has 3 N–H and O–H groups in total. The number of nitrogen functional groups attached to an aromatic ring is 1. The molecule has 0 aliphatic heterocycles. The normalized spacial score (nSPS) is 11.8. The second kappa shape index (κ2) is 7.44. The minimum absolute atomic E-state index is 0.0310. The maximum atomic E-state index is 12.8. The molecule has 21 heavy (non-hydrogen) atoms. The van der Waals surface area contributed by atoms with Crippen molar-refractivity contribution in [2.24, 2.45) is 5.84 Å². The quantitative estimate of drug-likeness (QED) is 0.460. The molecule has 0 aromatic carbocycles. The third-order valence-corrected chi connectivity index (χ3v) is 3.03. The Morgan fingerprint density at radius 2 is 1.95 bits per heavy atom. The lowest BCUT2D eigenvalue weighted by Crippen LogP contribution is -2.33. The highest BCUT2D eigenvalue weighted by molar-refractivity contribution is 5.49. The molecule has 1 heterocycles. The van der Waals surface area contributed by atoms with Crippen molar-refractivity contribution in [2.45, 2.75) is 52.3 Å². The van der Waals surface area contributed by atoms with Gasteiger partial charge in [-0.3, -0.25) is 0 Å². The van der Waals surface area contributed by atoms with Gasteiger partial charge >= 0.3 is 6.18 Å². The molecule has 0 radical (unpaired) electrons. The third-order valence-electron chi connectivity index (χ3n) is 3.03.